The number of rotatable bonds is 8. The standard InChI is InChI=1S/C41H44N2O8/c1-18-15-23-29-34-30(39(47)38(23)43-20-9-7-6-8-10-20)24(42-21-11-13-22(45)14-12-21)16-26(49-3)32(34)33-27(50-4)17-25(46)31-36(33)35(29)37(28(18)19(2)44)41(51-5)40(31)48/h15-17,20-22,28,42-43,45-46H,6-14H2,1-5H3. The zero-order chi connectivity index (χ0) is 35.9. The van der Waals surface area contributed by atoms with E-state index in [1.807, 2.05) is 19.1 Å². The normalized spacial score (nSPS) is 21.0. The van der Waals surface area contributed by atoms with E-state index in [1.54, 1.807) is 7.11 Å². The smallest absolute Gasteiger partial charge is 0.232 e. The van der Waals surface area contributed by atoms with Crippen molar-refractivity contribution >= 4 is 66.3 Å². The quantitative estimate of drug-likeness (QED) is 0.0976. The number of hydrogen-bond donors (Lipinski definition) is 4. The van der Waals surface area contributed by atoms with Crippen LogP contribution in [0.2, 0.25) is 0 Å². The van der Waals surface area contributed by atoms with Gasteiger partial charge in [0.2, 0.25) is 10.9 Å². The number of nitrogens with one attached hydrogen (secondary N) is 2. The summed E-state index contributed by atoms with van der Waals surface area (Å²) in [5, 5.41) is 33.1. The molecular weight excluding hydrogens is 648 g/mol. The number of phenolic OH excluding ortho intramolecular Hbond substituents is 1. The van der Waals surface area contributed by atoms with Crippen LogP contribution in [-0.2, 0) is 4.79 Å². The fourth-order valence-electron chi connectivity index (χ4n) is 9.43. The van der Waals surface area contributed by atoms with Gasteiger partial charge in [-0.1, -0.05) is 30.9 Å². The van der Waals surface area contributed by atoms with E-state index in [1.165, 1.54) is 27.2 Å². The van der Waals surface area contributed by atoms with E-state index in [9.17, 15) is 19.8 Å². The highest BCUT2D eigenvalue weighted by molar-refractivity contribution is 6.40. The third-order valence-corrected chi connectivity index (χ3v) is 11.7. The van der Waals surface area contributed by atoms with Crippen LogP contribution in [0.1, 0.15) is 88.7 Å². The molecule has 0 radical (unpaired) electrons. The molecular formula is C41H44N2O8. The Morgan fingerprint density at radius 3 is 1.98 bits per heavy atom. The Morgan fingerprint density at radius 2 is 1.35 bits per heavy atom. The summed E-state index contributed by atoms with van der Waals surface area (Å²) in [5.41, 5.74) is 2.08. The average Bonchev–Trinajstić information content (AvgIpc) is 3.25. The zero-order valence-electron chi connectivity index (χ0n) is 29.7. The SMILES string of the molecule is COc1c2c3c4c(c(NC5CCCCC5)c(=O)c5c(NC6CCC(O)CC6)cc(OC)c(c6c(OC)cc(O)c(c1=O)c63)c54)C=C(C)C2C(C)=O. The third kappa shape index (κ3) is 4.89. The van der Waals surface area contributed by atoms with Crippen molar-refractivity contribution < 1.29 is 29.2 Å². The van der Waals surface area contributed by atoms with Crippen LogP contribution in [0.15, 0.2) is 27.3 Å². The monoisotopic (exact) mass is 692 g/mol. The Balaban J connectivity index is 1.66. The van der Waals surface area contributed by atoms with Gasteiger partial charge in [0.15, 0.2) is 5.75 Å². The second-order valence-electron chi connectivity index (χ2n) is 14.7. The number of aliphatic hydroxyl groups excluding tert-OH is 1. The molecule has 3 aliphatic carbocycles. The minimum Gasteiger partial charge on any atom is -0.507 e. The molecule has 10 nitrogen and oxygen atoms in total. The molecule has 0 saturated heterocycles. The van der Waals surface area contributed by atoms with E-state index in [0.29, 0.717) is 90.1 Å². The van der Waals surface area contributed by atoms with Gasteiger partial charge in [0.25, 0.3) is 0 Å². The van der Waals surface area contributed by atoms with Crippen molar-refractivity contribution in [2.75, 3.05) is 32.0 Å². The first kappa shape index (κ1) is 33.3. The van der Waals surface area contributed by atoms with Crippen LogP contribution < -0.4 is 35.7 Å². The van der Waals surface area contributed by atoms with E-state index in [2.05, 4.69) is 10.6 Å². The summed E-state index contributed by atoms with van der Waals surface area (Å²) < 4.78 is 17.9. The van der Waals surface area contributed by atoms with Gasteiger partial charge in [-0.15, -0.1) is 0 Å². The van der Waals surface area contributed by atoms with Crippen LogP contribution in [-0.4, -0.2) is 55.5 Å². The van der Waals surface area contributed by atoms with Crippen LogP contribution in [0.4, 0.5) is 11.4 Å². The Hall–Kier alpha value is -4.83. The molecule has 0 heterocycles. The number of ether oxygens (including phenoxy) is 3. The number of fused-ring (bicyclic) bond motifs is 1. The highest BCUT2D eigenvalue weighted by Crippen LogP contribution is 2.56. The average molecular weight is 693 g/mol. The number of Topliss-reactive ketones (excluding diaryl/α,β-unsaturated/α-hetero) is 1. The summed E-state index contributed by atoms with van der Waals surface area (Å²) in [5.74, 6) is -0.570. The number of allylic oxidation sites excluding steroid dienone is 1. The highest BCUT2D eigenvalue weighted by atomic mass is 16.5. The van der Waals surface area contributed by atoms with Gasteiger partial charge in [0, 0.05) is 68.0 Å². The third-order valence-electron chi connectivity index (χ3n) is 11.7. The molecule has 266 valence electrons. The first-order valence-corrected chi connectivity index (χ1v) is 18.1. The Morgan fingerprint density at radius 1 is 0.725 bits per heavy atom. The first-order chi connectivity index (χ1) is 24.6. The summed E-state index contributed by atoms with van der Waals surface area (Å²) in [6.07, 6.45) is 9.50. The second-order valence-corrected chi connectivity index (χ2v) is 14.7. The fourth-order valence-corrected chi connectivity index (χ4v) is 9.43. The number of hydrogen-bond acceptors (Lipinski definition) is 10. The minimum atomic E-state index is -0.855. The van der Waals surface area contributed by atoms with E-state index >= 15 is 4.79 Å². The van der Waals surface area contributed by atoms with Crippen molar-refractivity contribution in [3.63, 3.8) is 0 Å². The molecule has 8 rings (SSSR count). The number of carbonyl (C=O) groups is 1. The van der Waals surface area contributed by atoms with Gasteiger partial charge in [-0.25, -0.2) is 0 Å². The van der Waals surface area contributed by atoms with Crippen LogP contribution in [0.25, 0.3) is 49.2 Å². The lowest BCUT2D eigenvalue weighted by atomic mass is 9.80. The lowest BCUT2D eigenvalue weighted by Gasteiger charge is -2.30. The first-order valence-electron chi connectivity index (χ1n) is 18.1. The van der Waals surface area contributed by atoms with Gasteiger partial charge < -0.3 is 35.1 Å². The molecule has 2 saturated carbocycles. The predicted octanol–water partition coefficient (Wildman–Crippen LogP) is 7.18. The predicted molar refractivity (Wildman–Crippen MR) is 202 cm³/mol. The maximum absolute atomic E-state index is 15.3. The molecule has 5 aromatic carbocycles. The van der Waals surface area contributed by atoms with Gasteiger partial charge in [-0.3, -0.25) is 14.4 Å². The van der Waals surface area contributed by atoms with Crippen molar-refractivity contribution in [2.45, 2.75) is 95.7 Å². The van der Waals surface area contributed by atoms with E-state index in [4.69, 9.17) is 14.2 Å². The molecule has 0 amide bonds. The summed E-state index contributed by atoms with van der Waals surface area (Å²) >= 11 is 0. The highest BCUT2D eigenvalue weighted by Gasteiger charge is 2.37. The number of aliphatic hydroxyl groups is 1. The fraction of sp³-hybridized carbons (Fsp3) is 0.439. The van der Waals surface area contributed by atoms with Crippen LogP contribution in [0.5, 0.6) is 23.0 Å². The number of benzene rings is 5. The van der Waals surface area contributed by atoms with Gasteiger partial charge in [0.05, 0.1) is 49.8 Å². The summed E-state index contributed by atoms with van der Waals surface area (Å²) in [4.78, 5) is 43.5. The molecule has 4 N–H and O–H groups in total. The summed E-state index contributed by atoms with van der Waals surface area (Å²) in [7, 11) is 4.47. The van der Waals surface area contributed by atoms with Crippen LogP contribution >= 0.6 is 0 Å². The molecule has 3 aliphatic rings. The topological polar surface area (TPSA) is 143 Å². The molecule has 0 aliphatic heterocycles. The van der Waals surface area contributed by atoms with Crippen molar-refractivity contribution in [3.05, 3.63) is 49.3 Å². The van der Waals surface area contributed by atoms with E-state index in [-0.39, 0.29) is 46.3 Å². The number of carbonyl (C=O) groups excluding carboxylic acids is 1. The van der Waals surface area contributed by atoms with Gasteiger partial charge in [-0.05, 0) is 57.8 Å². The molecule has 1 atom stereocenters. The van der Waals surface area contributed by atoms with Crippen molar-refractivity contribution in [1.29, 1.82) is 0 Å². The number of methoxy groups -OCH3 is 3. The van der Waals surface area contributed by atoms with E-state index in [0.717, 1.165) is 44.9 Å². The second kappa shape index (κ2) is 12.4. The molecule has 2 fully saturated rings. The molecule has 0 spiro atoms. The van der Waals surface area contributed by atoms with Gasteiger partial charge >= 0.3 is 0 Å². The van der Waals surface area contributed by atoms with Crippen molar-refractivity contribution in [2.24, 2.45) is 0 Å². The number of ketones is 1. The number of aromatic hydroxyl groups is 1. The maximum atomic E-state index is 15.3. The number of anilines is 2. The van der Waals surface area contributed by atoms with Crippen LogP contribution in [0.3, 0.4) is 0 Å². The van der Waals surface area contributed by atoms with Gasteiger partial charge in [0.1, 0.15) is 23.0 Å². The molecule has 1 unspecified atom stereocenters. The molecule has 0 bridgehead atoms. The number of phenols is 1. The van der Waals surface area contributed by atoms with Gasteiger partial charge in [-0.2, -0.15) is 0 Å². The Bertz CT molecular complexity index is 2390. The van der Waals surface area contributed by atoms with E-state index < -0.39 is 11.3 Å². The largest absolute Gasteiger partial charge is 0.507 e. The maximum Gasteiger partial charge on any atom is 0.232 e. The Labute approximate surface area is 295 Å². The zero-order valence-corrected chi connectivity index (χ0v) is 29.7. The van der Waals surface area contributed by atoms with Crippen molar-refractivity contribution in [1.82, 2.24) is 0 Å². The Kier molecular flexibility index (Phi) is 8.13. The summed E-state index contributed by atoms with van der Waals surface area (Å²) in [6.45, 7) is 3.36. The minimum absolute atomic E-state index is 0.0173. The summed E-state index contributed by atoms with van der Waals surface area (Å²) in [6, 6.07) is 3.37. The molecule has 0 aromatic heterocycles. The lowest BCUT2D eigenvalue weighted by Crippen LogP contribution is -2.29. The van der Waals surface area contributed by atoms with Crippen LogP contribution in [0, 0.1) is 0 Å². The lowest BCUT2D eigenvalue weighted by molar-refractivity contribution is -0.117. The molecule has 10 heteroatoms. The van der Waals surface area contributed by atoms with Crippen molar-refractivity contribution in [3.8, 4) is 23.0 Å². The molecule has 51 heavy (non-hydrogen) atoms. The molecule has 5 aromatic rings.